The molecule has 0 atom stereocenters. The molecule has 0 bridgehead atoms. The van der Waals surface area contributed by atoms with Crippen LogP contribution in [0, 0.1) is 10.1 Å². The number of carbonyl (C=O) groups excluding carboxylic acids is 1. The molecule has 0 aromatic heterocycles. The van der Waals surface area contributed by atoms with Gasteiger partial charge < -0.3 is 4.74 Å². The molecule has 1 saturated heterocycles. The van der Waals surface area contributed by atoms with Crippen molar-refractivity contribution < 1.29 is 14.5 Å². The highest BCUT2D eigenvalue weighted by Gasteiger charge is 2.33. The molecule has 9 heteroatoms. The third-order valence-corrected chi connectivity index (χ3v) is 5.49. The molecule has 1 heterocycles. The summed E-state index contributed by atoms with van der Waals surface area (Å²) in [5.41, 5.74) is 1.08. The van der Waals surface area contributed by atoms with Gasteiger partial charge in [0.15, 0.2) is 4.32 Å². The molecule has 0 spiro atoms. The Labute approximate surface area is 167 Å². The van der Waals surface area contributed by atoms with Crippen LogP contribution >= 0.6 is 39.9 Å². The van der Waals surface area contributed by atoms with Crippen LogP contribution in [0.1, 0.15) is 5.56 Å². The number of methoxy groups -OCH3 is 1. The highest BCUT2D eigenvalue weighted by atomic mass is 79.9. The Morgan fingerprint density at radius 2 is 2.08 bits per heavy atom. The van der Waals surface area contributed by atoms with Crippen molar-refractivity contribution >= 4 is 67.6 Å². The number of amides is 1. The third-order valence-electron chi connectivity index (χ3n) is 3.57. The molecule has 132 valence electrons. The maximum Gasteiger partial charge on any atom is 0.271 e. The Kier molecular flexibility index (Phi) is 5.40. The number of rotatable bonds is 4. The lowest BCUT2D eigenvalue weighted by Crippen LogP contribution is -2.27. The Morgan fingerprint density at radius 1 is 1.31 bits per heavy atom. The van der Waals surface area contributed by atoms with E-state index in [2.05, 4.69) is 15.9 Å². The van der Waals surface area contributed by atoms with Crippen molar-refractivity contribution in [1.82, 2.24) is 0 Å². The number of thioether (sulfide) groups is 1. The van der Waals surface area contributed by atoms with Crippen LogP contribution in [0.3, 0.4) is 0 Å². The van der Waals surface area contributed by atoms with Crippen molar-refractivity contribution in [3.63, 3.8) is 0 Å². The molecule has 26 heavy (non-hydrogen) atoms. The van der Waals surface area contributed by atoms with Gasteiger partial charge >= 0.3 is 0 Å². The van der Waals surface area contributed by atoms with Gasteiger partial charge in [0, 0.05) is 12.1 Å². The number of benzene rings is 2. The molecule has 0 N–H and O–H groups in total. The van der Waals surface area contributed by atoms with Gasteiger partial charge in [-0.1, -0.05) is 36.1 Å². The molecule has 2 aromatic rings. The minimum Gasteiger partial charge on any atom is -0.496 e. The lowest BCUT2D eigenvalue weighted by Gasteiger charge is -2.13. The van der Waals surface area contributed by atoms with Crippen LogP contribution < -0.4 is 9.64 Å². The number of carbonyl (C=O) groups is 1. The average Bonchev–Trinajstić information content (AvgIpc) is 2.88. The van der Waals surface area contributed by atoms with Gasteiger partial charge in [-0.3, -0.25) is 19.8 Å². The first-order chi connectivity index (χ1) is 12.4. The van der Waals surface area contributed by atoms with Crippen LogP contribution in [0.2, 0.25) is 0 Å². The lowest BCUT2D eigenvalue weighted by atomic mass is 10.2. The van der Waals surface area contributed by atoms with Crippen molar-refractivity contribution in [3.05, 3.63) is 67.5 Å². The number of non-ortho nitro benzene ring substituents is 1. The van der Waals surface area contributed by atoms with Crippen molar-refractivity contribution in [2.24, 2.45) is 0 Å². The molecule has 0 radical (unpaired) electrons. The summed E-state index contributed by atoms with van der Waals surface area (Å²) < 4.78 is 6.28. The fraction of sp³-hybridized carbons (Fsp3) is 0.0588. The summed E-state index contributed by atoms with van der Waals surface area (Å²) in [6.07, 6.45) is 1.72. The lowest BCUT2D eigenvalue weighted by molar-refractivity contribution is -0.384. The zero-order valence-electron chi connectivity index (χ0n) is 13.3. The summed E-state index contributed by atoms with van der Waals surface area (Å²) in [6.45, 7) is 0. The maximum absolute atomic E-state index is 12.8. The molecule has 1 fully saturated rings. The van der Waals surface area contributed by atoms with E-state index in [4.69, 9.17) is 17.0 Å². The molecule has 0 saturated carbocycles. The number of hydrogen-bond donors (Lipinski definition) is 0. The minimum atomic E-state index is -0.508. The van der Waals surface area contributed by atoms with Crippen molar-refractivity contribution in [3.8, 4) is 5.75 Å². The normalized spacial score (nSPS) is 15.6. The van der Waals surface area contributed by atoms with Gasteiger partial charge in [0.1, 0.15) is 5.75 Å². The second-order valence-corrected chi connectivity index (χ2v) is 7.72. The summed E-state index contributed by atoms with van der Waals surface area (Å²) in [6, 6.07) is 11.3. The maximum atomic E-state index is 12.8. The molecule has 6 nitrogen and oxygen atoms in total. The zero-order valence-corrected chi connectivity index (χ0v) is 16.6. The second kappa shape index (κ2) is 7.56. The van der Waals surface area contributed by atoms with E-state index in [0.717, 1.165) is 21.8 Å². The van der Waals surface area contributed by atoms with E-state index in [1.807, 2.05) is 12.1 Å². The van der Waals surface area contributed by atoms with Crippen molar-refractivity contribution in [2.75, 3.05) is 12.0 Å². The van der Waals surface area contributed by atoms with Crippen molar-refractivity contribution in [1.29, 1.82) is 0 Å². The quantitative estimate of drug-likeness (QED) is 0.289. The number of thiocarbonyl (C=S) groups is 1. The zero-order chi connectivity index (χ0) is 18.8. The van der Waals surface area contributed by atoms with E-state index in [0.29, 0.717) is 20.7 Å². The van der Waals surface area contributed by atoms with E-state index in [9.17, 15) is 14.9 Å². The number of nitro benzene ring substituents is 1. The van der Waals surface area contributed by atoms with E-state index >= 15 is 0 Å². The summed E-state index contributed by atoms with van der Waals surface area (Å²) in [7, 11) is 1.57. The predicted molar refractivity (Wildman–Crippen MR) is 109 cm³/mol. The molecule has 0 aliphatic carbocycles. The summed E-state index contributed by atoms with van der Waals surface area (Å²) in [5.74, 6) is 0.374. The minimum absolute atomic E-state index is 0.0976. The van der Waals surface area contributed by atoms with Gasteiger partial charge in [-0.2, -0.15) is 0 Å². The van der Waals surface area contributed by atoms with E-state index in [1.165, 1.54) is 23.1 Å². The van der Waals surface area contributed by atoms with Crippen LogP contribution in [0.4, 0.5) is 11.4 Å². The number of anilines is 1. The standard InChI is InChI=1S/C17H11BrN2O4S2/c1-24-14-6-5-10(7-13(14)18)8-15-16(21)19(17(25)26-15)11-3-2-4-12(9-11)20(22)23/h2-9H,1H3/b15-8+. The van der Waals surface area contributed by atoms with Crippen molar-refractivity contribution in [2.45, 2.75) is 0 Å². The number of nitrogens with zero attached hydrogens (tertiary/aromatic N) is 2. The van der Waals surface area contributed by atoms with Crippen LogP contribution in [-0.2, 0) is 4.79 Å². The number of halogens is 1. The Bertz CT molecular complexity index is 962. The summed E-state index contributed by atoms with van der Waals surface area (Å²) in [4.78, 5) is 24.9. The van der Waals surface area contributed by atoms with Gasteiger partial charge in [0.05, 0.1) is 27.1 Å². The van der Waals surface area contributed by atoms with Gasteiger partial charge in [0.2, 0.25) is 0 Å². The smallest absolute Gasteiger partial charge is 0.271 e. The SMILES string of the molecule is COc1ccc(/C=C2/SC(=S)N(c3cccc([N+](=O)[O-])c3)C2=O)cc1Br. The molecule has 1 amide bonds. The van der Waals surface area contributed by atoms with Crippen LogP contribution in [0.15, 0.2) is 51.8 Å². The van der Waals surface area contributed by atoms with Gasteiger partial charge in [0.25, 0.3) is 11.6 Å². The third kappa shape index (κ3) is 3.64. The Hall–Kier alpha value is -2.23. The van der Waals surface area contributed by atoms with Crippen LogP contribution in [-0.4, -0.2) is 22.3 Å². The first-order valence-electron chi connectivity index (χ1n) is 7.26. The average molecular weight is 451 g/mol. The highest BCUT2D eigenvalue weighted by Crippen LogP contribution is 2.37. The first kappa shape index (κ1) is 18.6. The monoisotopic (exact) mass is 450 g/mol. The van der Waals surface area contributed by atoms with E-state index in [-0.39, 0.29) is 11.6 Å². The molecule has 1 aliphatic rings. The van der Waals surface area contributed by atoms with Gasteiger partial charge in [-0.15, -0.1) is 0 Å². The Balaban J connectivity index is 1.93. The predicted octanol–water partition coefficient (Wildman–Crippen LogP) is 4.77. The summed E-state index contributed by atoms with van der Waals surface area (Å²) >= 11 is 9.86. The van der Waals surface area contributed by atoms with E-state index in [1.54, 1.807) is 25.3 Å². The van der Waals surface area contributed by atoms with Crippen LogP contribution in [0.5, 0.6) is 5.75 Å². The Morgan fingerprint density at radius 3 is 2.73 bits per heavy atom. The van der Waals surface area contributed by atoms with Crippen LogP contribution in [0.25, 0.3) is 6.08 Å². The molecule has 2 aromatic carbocycles. The molecule has 1 aliphatic heterocycles. The molecule has 0 unspecified atom stereocenters. The fourth-order valence-electron chi connectivity index (χ4n) is 2.36. The van der Waals surface area contributed by atoms with Gasteiger partial charge in [-0.05, 0) is 45.8 Å². The number of ether oxygens (including phenoxy) is 1. The molecule has 3 rings (SSSR count). The number of nitro groups is 1. The topological polar surface area (TPSA) is 72.7 Å². The molecular formula is C17H11BrN2O4S2. The number of hydrogen-bond acceptors (Lipinski definition) is 6. The summed E-state index contributed by atoms with van der Waals surface area (Å²) in [5, 5.41) is 11.0. The highest BCUT2D eigenvalue weighted by molar-refractivity contribution is 9.10. The largest absolute Gasteiger partial charge is 0.496 e. The van der Waals surface area contributed by atoms with Gasteiger partial charge in [-0.25, -0.2) is 0 Å². The first-order valence-corrected chi connectivity index (χ1v) is 9.28. The second-order valence-electron chi connectivity index (χ2n) is 5.19. The van der Waals surface area contributed by atoms with E-state index < -0.39 is 4.92 Å². The fourth-order valence-corrected chi connectivity index (χ4v) is 4.22. The molecular weight excluding hydrogens is 440 g/mol.